The van der Waals surface area contributed by atoms with Crippen LogP contribution >= 0.6 is 0 Å². The fraction of sp³-hybridized carbons (Fsp3) is 0.250. The summed E-state index contributed by atoms with van der Waals surface area (Å²) < 4.78 is 16.4. The molecule has 3 N–H and O–H groups in total. The van der Waals surface area contributed by atoms with E-state index in [4.69, 9.17) is 25.2 Å². The Morgan fingerprint density at radius 3 is 2.54 bits per heavy atom. The van der Waals surface area contributed by atoms with E-state index in [-0.39, 0.29) is 22.7 Å². The zero-order valence-corrected chi connectivity index (χ0v) is 13.4. The van der Waals surface area contributed by atoms with Gasteiger partial charge in [0.05, 0.1) is 23.9 Å². The molecule has 0 aliphatic carbocycles. The van der Waals surface area contributed by atoms with Gasteiger partial charge in [-0.15, -0.1) is 0 Å². The average molecular weight is 331 g/mol. The monoisotopic (exact) mass is 331 g/mol. The molecular formula is C16H17N3O5. The largest absolute Gasteiger partial charge is 0.507 e. The summed E-state index contributed by atoms with van der Waals surface area (Å²) in [5, 5.41) is 19.2. The average Bonchev–Trinajstić information content (AvgIpc) is 2.93. The highest BCUT2D eigenvalue weighted by Gasteiger charge is 2.23. The van der Waals surface area contributed by atoms with Crippen LogP contribution < -0.4 is 5.73 Å². The third kappa shape index (κ3) is 2.90. The number of nitrogen functional groups attached to an aromatic ring is 1. The zero-order valence-electron chi connectivity index (χ0n) is 13.4. The van der Waals surface area contributed by atoms with Crippen molar-refractivity contribution < 1.29 is 24.1 Å². The Hall–Kier alpha value is -3.02. The molecule has 1 aromatic heterocycles. The van der Waals surface area contributed by atoms with Gasteiger partial charge in [0.1, 0.15) is 11.8 Å². The number of anilines is 1. The van der Waals surface area contributed by atoms with Gasteiger partial charge >= 0.3 is 5.97 Å². The number of phenolic OH excluding ortho intramolecular Hbond substituents is 1. The maximum absolute atomic E-state index is 12.0. The summed E-state index contributed by atoms with van der Waals surface area (Å²) in [5.41, 5.74) is 6.89. The van der Waals surface area contributed by atoms with Crippen molar-refractivity contribution in [1.29, 1.82) is 5.26 Å². The van der Waals surface area contributed by atoms with E-state index in [1.54, 1.807) is 12.1 Å². The van der Waals surface area contributed by atoms with E-state index < -0.39 is 12.3 Å². The molecule has 8 nitrogen and oxygen atoms in total. The van der Waals surface area contributed by atoms with Crippen molar-refractivity contribution in [3.05, 3.63) is 41.2 Å². The van der Waals surface area contributed by atoms with Gasteiger partial charge in [-0.2, -0.15) is 5.26 Å². The van der Waals surface area contributed by atoms with Gasteiger partial charge in [-0.05, 0) is 18.2 Å². The van der Waals surface area contributed by atoms with E-state index in [2.05, 4.69) is 0 Å². The number of nitrogens with zero attached hydrogens (tertiary/aromatic N) is 2. The minimum Gasteiger partial charge on any atom is -0.507 e. The Bertz CT molecular complexity index is 803. The van der Waals surface area contributed by atoms with Gasteiger partial charge in [-0.1, -0.05) is 0 Å². The molecule has 1 heterocycles. The van der Waals surface area contributed by atoms with Crippen LogP contribution in [0.5, 0.6) is 5.75 Å². The first-order chi connectivity index (χ1) is 11.5. The molecule has 0 bridgehead atoms. The number of carbonyl (C=O) groups excluding carboxylic acids is 1. The van der Waals surface area contributed by atoms with Crippen LogP contribution in [-0.4, -0.2) is 37.0 Å². The molecule has 2 rings (SSSR count). The second-order valence-corrected chi connectivity index (χ2v) is 4.82. The summed E-state index contributed by atoms with van der Waals surface area (Å²) in [6.07, 6.45) is 0.627. The second-order valence-electron chi connectivity index (χ2n) is 4.82. The van der Waals surface area contributed by atoms with Gasteiger partial charge in [0.15, 0.2) is 12.0 Å². The van der Waals surface area contributed by atoms with Crippen LogP contribution in [0.1, 0.15) is 27.9 Å². The highest BCUT2D eigenvalue weighted by atomic mass is 16.7. The van der Waals surface area contributed by atoms with Crippen molar-refractivity contribution >= 4 is 11.7 Å². The summed E-state index contributed by atoms with van der Waals surface area (Å²) in [7, 11) is 4.09. The lowest BCUT2D eigenvalue weighted by Gasteiger charge is -2.17. The number of benzene rings is 1. The molecule has 24 heavy (non-hydrogen) atoms. The number of hydrogen-bond donors (Lipinski definition) is 2. The molecule has 2 aromatic rings. The van der Waals surface area contributed by atoms with Gasteiger partial charge < -0.3 is 29.6 Å². The Morgan fingerprint density at radius 2 is 2.00 bits per heavy atom. The number of aromatic nitrogens is 1. The SMILES string of the molecule is COC(=O)c1c(N)c(C#N)cn1-c1ccc(O)c(C(OC)OC)c1. The summed E-state index contributed by atoms with van der Waals surface area (Å²) in [4.78, 5) is 12.0. The Labute approximate surface area is 138 Å². The molecule has 126 valence electrons. The number of ether oxygens (including phenoxy) is 3. The van der Waals surface area contributed by atoms with Crippen LogP contribution in [0.3, 0.4) is 0 Å². The third-order valence-electron chi connectivity index (χ3n) is 3.51. The number of rotatable bonds is 5. The maximum atomic E-state index is 12.0. The molecule has 0 atom stereocenters. The molecule has 0 radical (unpaired) electrons. The number of esters is 1. The molecule has 0 fully saturated rings. The standard InChI is InChI=1S/C16H17N3O5/c1-22-15(21)14-13(18)9(7-17)8-19(14)10-4-5-12(20)11(6-10)16(23-2)24-3/h4-6,8,16,20H,18H2,1-3H3. The number of hydrogen-bond acceptors (Lipinski definition) is 7. The van der Waals surface area contributed by atoms with Crippen LogP contribution in [0.25, 0.3) is 5.69 Å². The second kappa shape index (κ2) is 7.04. The van der Waals surface area contributed by atoms with Crippen molar-refractivity contribution in [3.63, 3.8) is 0 Å². The van der Waals surface area contributed by atoms with E-state index in [0.717, 1.165) is 0 Å². The summed E-state index contributed by atoms with van der Waals surface area (Å²) in [6, 6.07) is 6.49. The summed E-state index contributed by atoms with van der Waals surface area (Å²) >= 11 is 0. The highest BCUT2D eigenvalue weighted by molar-refractivity contribution is 5.95. The van der Waals surface area contributed by atoms with Gasteiger partial charge in [0.2, 0.25) is 0 Å². The number of methoxy groups -OCH3 is 3. The highest BCUT2D eigenvalue weighted by Crippen LogP contribution is 2.31. The normalized spacial score (nSPS) is 10.6. The molecule has 0 amide bonds. The summed E-state index contributed by atoms with van der Waals surface area (Å²) in [5.74, 6) is -0.716. The molecule has 0 aliphatic rings. The van der Waals surface area contributed by atoms with Crippen LogP contribution in [0.15, 0.2) is 24.4 Å². The third-order valence-corrected chi connectivity index (χ3v) is 3.51. The lowest BCUT2D eigenvalue weighted by molar-refractivity contribution is -0.106. The van der Waals surface area contributed by atoms with Crippen molar-refractivity contribution in [2.75, 3.05) is 27.1 Å². The smallest absolute Gasteiger partial charge is 0.357 e. The van der Waals surface area contributed by atoms with Crippen molar-refractivity contribution in [1.82, 2.24) is 4.57 Å². The van der Waals surface area contributed by atoms with E-state index in [0.29, 0.717) is 11.3 Å². The first-order valence-electron chi connectivity index (χ1n) is 6.86. The van der Waals surface area contributed by atoms with E-state index >= 15 is 0 Å². The Morgan fingerprint density at radius 1 is 1.33 bits per heavy atom. The minimum absolute atomic E-state index is 0.0222. The molecule has 0 saturated heterocycles. The number of carbonyl (C=O) groups is 1. The van der Waals surface area contributed by atoms with E-state index in [1.165, 1.54) is 38.2 Å². The van der Waals surface area contributed by atoms with Crippen LogP contribution in [0, 0.1) is 11.3 Å². The quantitative estimate of drug-likeness (QED) is 0.632. The van der Waals surface area contributed by atoms with Gasteiger partial charge in [-0.25, -0.2) is 4.79 Å². The lowest BCUT2D eigenvalue weighted by atomic mass is 10.1. The van der Waals surface area contributed by atoms with Crippen molar-refractivity contribution in [2.24, 2.45) is 0 Å². The van der Waals surface area contributed by atoms with Crippen molar-refractivity contribution in [2.45, 2.75) is 6.29 Å². The molecular weight excluding hydrogens is 314 g/mol. The fourth-order valence-electron chi connectivity index (χ4n) is 2.35. The molecule has 8 heteroatoms. The molecule has 0 aliphatic heterocycles. The van der Waals surface area contributed by atoms with Crippen LogP contribution in [0.2, 0.25) is 0 Å². The Balaban J connectivity index is 2.67. The predicted molar refractivity (Wildman–Crippen MR) is 84.7 cm³/mol. The zero-order chi connectivity index (χ0) is 17.9. The number of phenols is 1. The fourth-order valence-corrected chi connectivity index (χ4v) is 2.35. The first-order valence-corrected chi connectivity index (χ1v) is 6.86. The van der Waals surface area contributed by atoms with Gasteiger partial charge in [-0.3, -0.25) is 0 Å². The topological polar surface area (TPSA) is 120 Å². The first kappa shape index (κ1) is 17.3. The van der Waals surface area contributed by atoms with Gasteiger partial charge in [0.25, 0.3) is 0 Å². The van der Waals surface area contributed by atoms with E-state index in [1.807, 2.05) is 6.07 Å². The number of aromatic hydroxyl groups is 1. The number of nitrogens with two attached hydrogens (primary N) is 1. The number of nitriles is 1. The van der Waals surface area contributed by atoms with Crippen LogP contribution in [-0.2, 0) is 14.2 Å². The molecule has 0 spiro atoms. The summed E-state index contributed by atoms with van der Waals surface area (Å²) in [6.45, 7) is 0. The van der Waals surface area contributed by atoms with Gasteiger partial charge in [0, 0.05) is 26.1 Å². The maximum Gasteiger partial charge on any atom is 0.357 e. The molecule has 0 saturated carbocycles. The Kier molecular flexibility index (Phi) is 5.08. The van der Waals surface area contributed by atoms with Crippen molar-refractivity contribution in [3.8, 4) is 17.5 Å². The lowest BCUT2D eigenvalue weighted by Crippen LogP contribution is -2.12. The minimum atomic E-state index is -0.796. The van der Waals surface area contributed by atoms with E-state index in [9.17, 15) is 9.90 Å². The molecule has 1 aromatic carbocycles. The predicted octanol–water partition coefficient (Wildman–Crippen LogP) is 1.71. The molecule has 0 unspecified atom stereocenters. The van der Waals surface area contributed by atoms with Crippen LogP contribution in [0.4, 0.5) is 5.69 Å².